The first kappa shape index (κ1) is 15.5. The van der Waals surface area contributed by atoms with Gasteiger partial charge in [-0.1, -0.05) is 12.1 Å². The minimum atomic E-state index is -0.613. The average Bonchev–Trinajstić information content (AvgIpc) is 2.91. The molecule has 2 N–H and O–H groups in total. The molecule has 4 nitrogen and oxygen atoms in total. The van der Waals surface area contributed by atoms with E-state index in [0.717, 1.165) is 6.54 Å². The molecule has 1 aromatic heterocycles. The van der Waals surface area contributed by atoms with Crippen molar-refractivity contribution in [2.45, 2.75) is 19.6 Å². The van der Waals surface area contributed by atoms with Gasteiger partial charge in [-0.05, 0) is 31.2 Å². The van der Waals surface area contributed by atoms with Crippen molar-refractivity contribution in [2.24, 2.45) is 0 Å². The van der Waals surface area contributed by atoms with Crippen molar-refractivity contribution in [1.82, 2.24) is 5.32 Å². The summed E-state index contributed by atoms with van der Waals surface area (Å²) in [5.41, 5.74) is 0.478. The third kappa shape index (κ3) is 4.87. The highest BCUT2D eigenvalue weighted by molar-refractivity contribution is 7.11. The van der Waals surface area contributed by atoms with E-state index in [1.165, 1.54) is 9.75 Å². The second-order valence-electron chi connectivity index (χ2n) is 4.72. The molecule has 1 atom stereocenters. The lowest BCUT2D eigenvalue weighted by Crippen LogP contribution is -2.31. The monoisotopic (exact) mass is 302 g/mol. The lowest BCUT2D eigenvalue weighted by atomic mass is 10.2. The molecule has 21 heavy (non-hydrogen) atoms. The van der Waals surface area contributed by atoms with Crippen LogP contribution in [0, 0.1) is 18.3 Å². The normalized spacial score (nSPS) is 11.9. The molecule has 0 saturated heterocycles. The number of nitrogens with zero attached hydrogens (tertiary/aromatic N) is 1. The van der Waals surface area contributed by atoms with E-state index in [0.29, 0.717) is 17.9 Å². The molecule has 2 aromatic rings. The van der Waals surface area contributed by atoms with Crippen LogP contribution in [0.4, 0.5) is 0 Å². The van der Waals surface area contributed by atoms with Crippen LogP contribution in [0.25, 0.3) is 0 Å². The zero-order chi connectivity index (χ0) is 15.1. The van der Waals surface area contributed by atoms with E-state index in [2.05, 4.69) is 30.4 Å². The maximum Gasteiger partial charge on any atom is 0.137 e. The second-order valence-corrected chi connectivity index (χ2v) is 6.09. The van der Waals surface area contributed by atoms with E-state index in [4.69, 9.17) is 10.00 Å². The predicted molar refractivity (Wildman–Crippen MR) is 83.4 cm³/mol. The van der Waals surface area contributed by atoms with Crippen molar-refractivity contribution in [3.63, 3.8) is 0 Å². The van der Waals surface area contributed by atoms with Gasteiger partial charge in [0.25, 0.3) is 0 Å². The number of benzene rings is 1. The SMILES string of the molecule is Cc1ccc(CNCC(O)COc2ccccc2C#N)s1. The number of hydrogen-bond donors (Lipinski definition) is 2. The van der Waals surface area contributed by atoms with E-state index in [1.807, 2.05) is 0 Å². The van der Waals surface area contributed by atoms with Crippen LogP contribution in [0.15, 0.2) is 36.4 Å². The summed E-state index contributed by atoms with van der Waals surface area (Å²) in [7, 11) is 0. The van der Waals surface area contributed by atoms with E-state index < -0.39 is 6.10 Å². The molecule has 0 saturated carbocycles. The smallest absolute Gasteiger partial charge is 0.137 e. The largest absolute Gasteiger partial charge is 0.489 e. The van der Waals surface area contributed by atoms with E-state index in [-0.39, 0.29) is 6.61 Å². The molecule has 1 aromatic carbocycles. The predicted octanol–water partition coefficient (Wildman–Crippen LogP) is 2.46. The van der Waals surface area contributed by atoms with Gasteiger partial charge in [-0.15, -0.1) is 11.3 Å². The molecule has 1 unspecified atom stereocenters. The Labute approximate surface area is 128 Å². The van der Waals surface area contributed by atoms with E-state index >= 15 is 0 Å². The summed E-state index contributed by atoms with van der Waals surface area (Å²) in [5, 5.41) is 22.0. The Hall–Kier alpha value is -1.87. The summed E-state index contributed by atoms with van der Waals surface area (Å²) in [5.74, 6) is 0.507. The summed E-state index contributed by atoms with van der Waals surface area (Å²) < 4.78 is 5.49. The van der Waals surface area contributed by atoms with Gasteiger partial charge in [0.15, 0.2) is 0 Å². The molecule has 110 valence electrons. The number of para-hydroxylation sites is 1. The van der Waals surface area contributed by atoms with Gasteiger partial charge < -0.3 is 15.2 Å². The Balaban J connectivity index is 1.72. The minimum Gasteiger partial charge on any atom is -0.489 e. The van der Waals surface area contributed by atoms with Crippen molar-refractivity contribution in [3.8, 4) is 11.8 Å². The Bertz CT molecular complexity index is 619. The summed E-state index contributed by atoms with van der Waals surface area (Å²) >= 11 is 1.74. The molecule has 0 fully saturated rings. The van der Waals surface area contributed by atoms with Gasteiger partial charge in [-0.2, -0.15) is 5.26 Å². The first-order chi connectivity index (χ1) is 10.2. The lowest BCUT2D eigenvalue weighted by molar-refractivity contribution is 0.106. The van der Waals surface area contributed by atoms with Crippen molar-refractivity contribution in [2.75, 3.05) is 13.2 Å². The number of aliphatic hydroxyl groups is 1. The first-order valence-corrected chi connectivity index (χ1v) is 7.56. The topological polar surface area (TPSA) is 65.3 Å². The molecule has 0 radical (unpaired) electrons. The third-order valence-corrected chi connectivity index (χ3v) is 3.91. The highest BCUT2D eigenvalue weighted by Crippen LogP contribution is 2.17. The van der Waals surface area contributed by atoms with Gasteiger partial charge in [-0.3, -0.25) is 0 Å². The van der Waals surface area contributed by atoms with Crippen LogP contribution in [-0.4, -0.2) is 24.4 Å². The lowest BCUT2D eigenvalue weighted by Gasteiger charge is -2.13. The zero-order valence-corrected chi connectivity index (χ0v) is 12.7. The van der Waals surface area contributed by atoms with Crippen molar-refractivity contribution >= 4 is 11.3 Å². The Morgan fingerprint density at radius 3 is 2.86 bits per heavy atom. The summed E-state index contributed by atoms with van der Waals surface area (Å²) in [6.07, 6.45) is -0.613. The van der Waals surface area contributed by atoms with E-state index in [1.54, 1.807) is 35.6 Å². The fourth-order valence-electron chi connectivity index (χ4n) is 1.87. The number of nitrogens with one attached hydrogen (secondary N) is 1. The van der Waals surface area contributed by atoms with Crippen LogP contribution in [0.5, 0.6) is 5.75 Å². The van der Waals surface area contributed by atoms with Gasteiger partial charge >= 0.3 is 0 Å². The third-order valence-electron chi connectivity index (χ3n) is 2.91. The minimum absolute atomic E-state index is 0.162. The molecule has 0 amide bonds. The van der Waals surface area contributed by atoms with Gasteiger partial charge in [0.05, 0.1) is 5.56 Å². The molecular weight excluding hydrogens is 284 g/mol. The van der Waals surface area contributed by atoms with E-state index in [9.17, 15) is 5.11 Å². The number of nitriles is 1. The van der Waals surface area contributed by atoms with Crippen molar-refractivity contribution in [3.05, 3.63) is 51.7 Å². The van der Waals surface area contributed by atoms with Gasteiger partial charge in [0, 0.05) is 22.8 Å². The molecule has 1 heterocycles. The Kier molecular flexibility index (Phi) is 5.76. The van der Waals surface area contributed by atoms with Crippen molar-refractivity contribution < 1.29 is 9.84 Å². The van der Waals surface area contributed by atoms with Gasteiger partial charge in [0.1, 0.15) is 24.5 Å². The maximum absolute atomic E-state index is 9.89. The van der Waals surface area contributed by atoms with Crippen LogP contribution in [-0.2, 0) is 6.54 Å². The fraction of sp³-hybridized carbons (Fsp3) is 0.312. The first-order valence-electron chi connectivity index (χ1n) is 6.75. The average molecular weight is 302 g/mol. The van der Waals surface area contributed by atoms with Crippen LogP contribution >= 0.6 is 11.3 Å². The molecule has 0 aliphatic heterocycles. The molecule has 5 heteroatoms. The molecular formula is C16H18N2O2S. The van der Waals surface area contributed by atoms with Crippen LogP contribution < -0.4 is 10.1 Å². The molecule has 2 rings (SSSR count). The number of thiophene rings is 1. The van der Waals surface area contributed by atoms with Crippen LogP contribution in [0.1, 0.15) is 15.3 Å². The number of hydrogen-bond acceptors (Lipinski definition) is 5. The van der Waals surface area contributed by atoms with Crippen molar-refractivity contribution in [1.29, 1.82) is 5.26 Å². The molecule has 0 spiro atoms. The molecule has 0 aliphatic carbocycles. The maximum atomic E-state index is 9.89. The van der Waals surface area contributed by atoms with Gasteiger partial charge in [-0.25, -0.2) is 0 Å². The van der Waals surface area contributed by atoms with Crippen LogP contribution in [0.2, 0.25) is 0 Å². The highest BCUT2D eigenvalue weighted by Gasteiger charge is 2.07. The van der Waals surface area contributed by atoms with Crippen LogP contribution in [0.3, 0.4) is 0 Å². The Morgan fingerprint density at radius 1 is 1.33 bits per heavy atom. The zero-order valence-electron chi connectivity index (χ0n) is 11.9. The quantitative estimate of drug-likeness (QED) is 0.824. The Morgan fingerprint density at radius 2 is 2.14 bits per heavy atom. The highest BCUT2D eigenvalue weighted by atomic mass is 32.1. The number of aliphatic hydroxyl groups excluding tert-OH is 1. The molecule has 0 aliphatic rings. The fourth-order valence-corrected chi connectivity index (χ4v) is 2.73. The second kappa shape index (κ2) is 7.79. The number of rotatable bonds is 7. The number of aryl methyl sites for hydroxylation is 1. The summed E-state index contributed by atoms with van der Waals surface area (Å²) in [4.78, 5) is 2.53. The summed E-state index contributed by atoms with van der Waals surface area (Å²) in [6, 6.07) is 13.2. The summed E-state index contributed by atoms with van der Waals surface area (Å²) in [6.45, 7) is 3.43. The molecule has 0 bridgehead atoms. The number of ether oxygens (including phenoxy) is 1. The van der Waals surface area contributed by atoms with Gasteiger partial charge in [0.2, 0.25) is 0 Å². The standard InChI is InChI=1S/C16H18N2O2S/c1-12-6-7-15(21-12)10-18-9-14(19)11-20-16-5-3-2-4-13(16)8-17/h2-7,14,18-19H,9-11H2,1H3.